The van der Waals surface area contributed by atoms with Gasteiger partial charge < -0.3 is 15.2 Å². The first-order chi connectivity index (χ1) is 8.45. The highest BCUT2D eigenvalue weighted by molar-refractivity contribution is 7.89. The van der Waals surface area contributed by atoms with E-state index in [1.165, 1.54) is 18.2 Å². The molecule has 0 saturated heterocycles. The number of nitrogen functional groups attached to an aromatic ring is 1. The highest BCUT2D eigenvalue weighted by atomic mass is 32.2. The summed E-state index contributed by atoms with van der Waals surface area (Å²) in [5.74, 6) is 0.293. The average molecular weight is 274 g/mol. The molecular formula is C11H18N2O4S. The van der Waals surface area contributed by atoms with Crippen LogP contribution in [0.15, 0.2) is 23.1 Å². The normalized spacial score (nSPS) is 11.4. The second-order valence-electron chi connectivity index (χ2n) is 3.71. The van der Waals surface area contributed by atoms with Gasteiger partial charge in [0.05, 0.1) is 17.2 Å². The summed E-state index contributed by atoms with van der Waals surface area (Å²) in [5, 5.41) is 5.02. The molecule has 0 atom stereocenters. The Kier molecular flexibility index (Phi) is 5.39. The van der Waals surface area contributed by atoms with E-state index in [1.807, 2.05) is 6.92 Å². The van der Waals surface area contributed by atoms with E-state index in [-0.39, 0.29) is 4.90 Å². The van der Waals surface area contributed by atoms with Crippen molar-refractivity contribution in [1.82, 2.24) is 0 Å². The Morgan fingerprint density at radius 3 is 2.56 bits per heavy atom. The molecule has 102 valence electrons. The highest BCUT2D eigenvalue weighted by Crippen LogP contribution is 2.24. The lowest BCUT2D eigenvalue weighted by molar-refractivity contribution is 0.101. The summed E-state index contributed by atoms with van der Waals surface area (Å²) in [7, 11) is -3.75. The predicted molar refractivity (Wildman–Crippen MR) is 68.8 cm³/mol. The molecular weight excluding hydrogens is 256 g/mol. The number of benzene rings is 1. The SMILES string of the molecule is CCCOCCOc1cc(S(N)(=O)=O)ccc1N. The van der Waals surface area contributed by atoms with E-state index < -0.39 is 10.0 Å². The summed E-state index contributed by atoms with van der Waals surface area (Å²) >= 11 is 0. The van der Waals surface area contributed by atoms with Crippen LogP contribution in [-0.2, 0) is 14.8 Å². The zero-order valence-corrected chi connectivity index (χ0v) is 11.1. The van der Waals surface area contributed by atoms with Gasteiger partial charge in [-0.25, -0.2) is 13.6 Å². The molecule has 0 unspecified atom stereocenters. The summed E-state index contributed by atoms with van der Waals surface area (Å²) < 4.78 is 32.9. The van der Waals surface area contributed by atoms with Crippen LogP contribution >= 0.6 is 0 Å². The van der Waals surface area contributed by atoms with Gasteiger partial charge >= 0.3 is 0 Å². The molecule has 0 heterocycles. The second-order valence-corrected chi connectivity index (χ2v) is 5.27. The number of sulfonamides is 1. The first-order valence-electron chi connectivity index (χ1n) is 5.58. The van der Waals surface area contributed by atoms with Gasteiger partial charge in [0.1, 0.15) is 12.4 Å². The van der Waals surface area contributed by atoms with Crippen LogP contribution in [0.4, 0.5) is 5.69 Å². The molecule has 6 nitrogen and oxygen atoms in total. The molecule has 0 spiro atoms. The lowest BCUT2D eigenvalue weighted by atomic mass is 10.3. The topological polar surface area (TPSA) is 105 Å². The molecule has 0 fully saturated rings. The van der Waals surface area contributed by atoms with E-state index in [9.17, 15) is 8.42 Å². The van der Waals surface area contributed by atoms with Gasteiger partial charge in [0, 0.05) is 12.7 Å². The molecule has 4 N–H and O–H groups in total. The van der Waals surface area contributed by atoms with Gasteiger partial charge in [-0.15, -0.1) is 0 Å². The molecule has 7 heteroatoms. The average Bonchev–Trinajstić information content (AvgIpc) is 2.29. The number of ether oxygens (including phenoxy) is 2. The van der Waals surface area contributed by atoms with Crippen molar-refractivity contribution >= 4 is 15.7 Å². The van der Waals surface area contributed by atoms with Gasteiger partial charge in [-0.2, -0.15) is 0 Å². The van der Waals surface area contributed by atoms with Crippen LogP contribution in [0.1, 0.15) is 13.3 Å². The van der Waals surface area contributed by atoms with E-state index in [1.54, 1.807) is 0 Å². The van der Waals surface area contributed by atoms with Crippen LogP contribution < -0.4 is 15.6 Å². The number of hydrogen-bond acceptors (Lipinski definition) is 5. The van der Waals surface area contributed by atoms with Crippen molar-refractivity contribution in [3.05, 3.63) is 18.2 Å². The summed E-state index contributed by atoms with van der Waals surface area (Å²) in [4.78, 5) is -0.0267. The Hall–Kier alpha value is -1.31. The van der Waals surface area contributed by atoms with Gasteiger partial charge in [-0.05, 0) is 18.6 Å². The molecule has 1 aromatic rings. The first-order valence-corrected chi connectivity index (χ1v) is 7.12. The zero-order valence-electron chi connectivity index (χ0n) is 10.3. The van der Waals surface area contributed by atoms with Gasteiger partial charge in [-0.1, -0.05) is 6.92 Å². The molecule has 1 aromatic carbocycles. The lowest BCUT2D eigenvalue weighted by Gasteiger charge is -2.10. The van der Waals surface area contributed by atoms with Crippen LogP contribution in [0.25, 0.3) is 0 Å². The van der Waals surface area contributed by atoms with Gasteiger partial charge in [0.25, 0.3) is 0 Å². The van der Waals surface area contributed by atoms with Crippen molar-refractivity contribution in [2.24, 2.45) is 5.14 Å². The summed E-state index contributed by atoms with van der Waals surface area (Å²) in [5.41, 5.74) is 6.03. The monoisotopic (exact) mass is 274 g/mol. The third-order valence-corrected chi connectivity index (χ3v) is 3.06. The van der Waals surface area contributed by atoms with Gasteiger partial charge in [-0.3, -0.25) is 0 Å². The maximum absolute atomic E-state index is 11.2. The Balaban J connectivity index is 2.65. The van der Waals surface area contributed by atoms with E-state index >= 15 is 0 Å². The Bertz CT molecular complexity index is 488. The minimum atomic E-state index is -3.75. The smallest absolute Gasteiger partial charge is 0.238 e. The summed E-state index contributed by atoms with van der Waals surface area (Å²) in [6, 6.07) is 4.09. The second kappa shape index (κ2) is 6.58. The number of rotatable bonds is 7. The fourth-order valence-corrected chi connectivity index (χ4v) is 1.80. The van der Waals surface area contributed by atoms with E-state index in [0.717, 1.165) is 6.42 Å². The largest absolute Gasteiger partial charge is 0.489 e. The van der Waals surface area contributed by atoms with Crippen LogP contribution in [0.5, 0.6) is 5.75 Å². The van der Waals surface area contributed by atoms with Crippen molar-refractivity contribution in [1.29, 1.82) is 0 Å². The predicted octanol–water partition coefficient (Wildman–Crippen LogP) is 0.722. The highest BCUT2D eigenvalue weighted by Gasteiger charge is 2.11. The van der Waals surface area contributed by atoms with Gasteiger partial charge in [0.15, 0.2) is 0 Å². The van der Waals surface area contributed by atoms with E-state index in [2.05, 4.69) is 0 Å². The van der Waals surface area contributed by atoms with Crippen molar-refractivity contribution in [3.8, 4) is 5.75 Å². The van der Waals surface area contributed by atoms with Crippen molar-refractivity contribution < 1.29 is 17.9 Å². The van der Waals surface area contributed by atoms with Crippen molar-refractivity contribution in [3.63, 3.8) is 0 Å². The molecule has 0 amide bonds. The van der Waals surface area contributed by atoms with Crippen LogP contribution in [0.2, 0.25) is 0 Å². The van der Waals surface area contributed by atoms with Crippen LogP contribution in [0, 0.1) is 0 Å². The zero-order chi connectivity index (χ0) is 13.6. The van der Waals surface area contributed by atoms with Crippen LogP contribution in [0.3, 0.4) is 0 Å². The minimum Gasteiger partial charge on any atom is -0.489 e. The van der Waals surface area contributed by atoms with Crippen LogP contribution in [-0.4, -0.2) is 28.2 Å². The molecule has 0 aromatic heterocycles. The molecule has 18 heavy (non-hydrogen) atoms. The maximum atomic E-state index is 11.2. The van der Waals surface area contributed by atoms with Crippen molar-refractivity contribution in [2.75, 3.05) is 25.6 Å². The fraction of sp³-hybridized carbons (Fsp3) is 0.455. The molecule has 0 aliphatic carbocycles. The molecule has 0 aliphatic rings. The Morgan fingerprint density at radius 2 is 1.94 bits per heavy atom. The Morgan fingerprint density at radius 1 is 1.22 bits per heavy atom. The molecule has 0 bridgehead atoms. The minimum absolute atomic E-state index is 0.0267. The lowest BCUT2D eigenvalue weighted by Crippen LogP contribution is -2.13. The van der Waals surface area contributed by atoms with Crippen molar-refractivity contribution in [2.45, 2.75) is 18.2 Å². The molecule has 0 saturated carbocycles. The third kappa shape index (κ3) is 4.52. The molecule has 0 aliphatic heterocycles. The van der Waals surface area contributed by atoms with Gasteiger partial charge in [0.2, 0.25) is 10.0 Å². The Labute approximate surface area is 107 Å². The number of hydrogen-bond donors (Lipinski definition) is 2. The summed E-state index contributed by atoms with van der Waals surface area (Å²) in [6.07, 6.45) is 0.934. The molecule has 0 radical (unpaired) electrons. The number of primary sulfonamides is 1. The quantitative estimate of drug-likeness (QED) is 0.563. The fourth-order valence-electron chi connectivity index (χ4n) is 1.27. The number of nitrogens with two attached hydrogens (primary N) is 2. The standard InChI is InChI=1S/C11H18N2O4S/c1-2-5-16-6-7-17-11-8-9(18(13,14)15)3-4-10(11)12/h3-4,8H,2,5-7,12H2,1H3,(H2,13,14,15). The van der Waals surface area contributed by atoms with E-state index in [0.29, 0.717) is 31.3 Å². The molecule has 1 rings (SSSR count). The summed E-state index contributed by atoms with van der Waals surface area (Å²) in [6.45, 7) is 3.40. The van der Waals surface area contributed by atoms with E-state index in [4.69, 9.17) is 20.3 Å². The number of anilines is 1. The first kappa shape index (κ1) is 14.7. The maximum Gasteiger partial charge on any atom is 0.238 e. The third-order valence-electron chi connectivity index (χ3n) is 2.15.